The van der Waals surface area contributed by atoms with Crippen molar-refractivity contribution >= 4 is 21.6 Å². The Morgan fingerprint density at radius 2 is 1.90 bits per heavy atom. The Bertz CT molecular complexity index is 1040. The molecule has 4 rings (SSSR count). The maximum atomic E-state index is 14.4. The van der Waals surface area contributed by atoms with Crippen LogP contribution in [0.1, 0.15) is 48.5 Å². The number of fused-ring (bicyclic) bond motifs is 1. The van der Waals surface area contributed by atoms with Crippen molar-refractivity contribution in [2.24, 2.45) is 5.92 Å². The molecule has 29 heavy (non-hydrogen) atoms. The third kappa shape index (κ3) is 3.75. The van der Waals surface area contributed by atoms with Gasteiger partial charge in [0.15, 0.2) is 0 Å². The van der Waals surface area contributed by atoms with Gasteiger partial charge in [-0.05, 0) is 55.0 Å². The average molecular weight is 417 g/mol. The molecule has 154 valence electrons. The maximum absolute atomic E-state index is 14.4. The second kappa shape index (κ2) is 7.78. The number of halogens is 1. The van der Waals surface area contributed by atoms with E-state index in [4.69, 9.17) is 0 Å². The number of rotatable bonds is 4. The Balaban J connectivity index is 1.62. The Hall–Kier alpha value is -2.41. The fourth-order valence-corrected chi connectivity index (χ4v) is 5.83. The number of benzene rings is 2. The van der Waals surface area contributed by atoms with Gasteiger partial charge in [0, 0.05) is 12.6 Å². The molecule has 1 fully saturated rings. The molecule has 1 heterocycles. The molecule has 2 atom stereocenters. The van der Waals surface area contributed by atoms with Crippen LogP contribution in [-0.4, -0.2) is 26.9 Å². The molecule has 1 aliphatic heterocycles. The van der Waals surface area contributed by atoms with Gasteiger partial charge in [0.2, 0.25) is 0 Å². The van der Waals surface area contributed by atoms with Crippen LogP contribution in [0.15, 0.2) is 47.4 Å². The Kier molecular flexibility index (Phi) is 5.34. The van der Waals surface area contributed by atoms with Gasteiger partial charge in [-0.25, -0.2) is 12.8 Å². The van der Waals surface area contributed by atoms with Crippen molar-refractivity contribution in [3.05, 3.63) is 59.4 Å². The quantitative estimate of drug-likeness (QED) is 0.822. The monoisotopic (exact) mass is 416 g/mol. The molecule has 0 radical (unpaired) electrons. The fraction of sp³-hybridized carbons (Fsp3) is 0.409. The number of hydrogen-bond donors (Lipinski definition) is 1. The van der Waals surface area contributed by atoms with Gasteiger partial charge in [-0.2, -0.15) is 0 Å². The summed E-state index contributed by atoms with van der Waals surface area (Å²) in [7, 11) is -3.88. The second-order valence-electron chi connectivity index (χ2n) is 7.94. The predicted octanol–water partition coefficient (Wildman–Crippen LogP) is 3.89. The smallest absolute Gasteiger partial charge is 0.264 e. The van der Waals surface area contributed by atoms with Gasteiger partial charge in [-0.15, -0.1) is 0 Å². The zero-order chi connectivity index (χ0) is 20.6. The van der Waals surface area contributed by atoms with Gasteiger partial charge in [-0.1, -0.05) is 38.0 Å². The Morgan fingerprint density at radius 3 is 2.69 bits per heavy atom. The molecule has 0 aromatic heterocycles. The topological polar surface area (TPSA) is 66.5 Å². The number of nitrogens with zero attached hydrogens (tertiary/aromatic N) is 1. The van der Waals surface area contributed by atoms with Crippen LogP contribution >= 0.6 is 0 Å². The first-order chi connectivity index (χ1) is 13.9. The number of hydrogen-bond acceptors (Lipinski definition) is 3. The van der Waals surface area contributed by atoms with Crippen molar-refractivity contribution in [3.8, 4) is 0 Å². The third-order valence-corrected chi connectivity index (χ3v) is 7.85. The zero-order valence-electron chi connectivity index (χ0n) is 16.4. The van der Waals surface area contributed by atoms with Gasteiger partial charge < -0.3 is 5.32 Å². The van der Waals surface area contributed by atoms with E-state index in [2.05, 4.69) is 12.2 Å². The van der Waals surface area contributed by atoms with E-state index in [1.165, 1.54) is 10.4 Å². The number of carbonyl (C=O) groups excluding carboxylic acids is 1. The lowest BCUT2D eigenvalue weighted by Gasteiger charge is -2.29. The van der Waals surface area contributed by atoms with E-state index >= 15 is 0 Å². The number of para-hydroxylation sites is 1. The van der Waals surface area contributed by atoms with E-state index in [0.29, 0.717) is 24.6 Å². The van der Waals surface area contributed by atoms with Gasteiger partial charge in [-0.3, -0.25) is 9.10 Å². The number of carbonyl (C=O) groups is 1. The van der Waals surface area contributed by atoms with Crippen molar-refractivity contribution in [3.63, 3.8) is 0 Å². The summed E-state index contributed by atoms with van der Waals surface area (Å²) >= 11 is 0. The lowest BCUT2D eigenvalue weighted by atomic mass is 9.86. The molecule has 2 unspecified atom stereocenters. The molecular formula is C22H25FN2O3S. The first kappa shape index (κ1) is 19.9. The van der Waals surface area contributed by atoms with E-state index in [-0.39, 0.29) is 16.5 Å². The van der Waals surface area contributed by atoms with E-state index < -0.39 is 21.7 Å². The SMILES string of the molecule is CC1CCCCC1NC(=O)c1cc(S(=O)(=O)N2CCc3ccccc32)ccc1F. The third-order valence-electron chi connectivity index (χ3n) is 6.04. The summed E-state index contributed by atoms with van der Waals surface area (Å²) in [6.45, 7) is 2.41. The minimum atomic E-state index is -3.88. The van der Waals surface area contributed by atoms with Crippen LogP contribution in [0.25, 0.3) is 0 Å². The number of amides is 1. The lowest BCUT2D eigenvalue weighted by molar-refractivity contribution is 0.0906. The molecule has 0 saturated heterocycles. The Morgan fingerprint density at radius 1 is 1.14 bits per heavy atom. The summed E-state index contributed by atoms with van der Waals surface area (Å²) in [6.07, 6.45) is 4.67. The summed E-state index contributed by atoms with van der Waals surface area (Å²) in [5, 5.41) is 2.90. The van der Waals surface area contributed by atoms with Gasteiger partial charge in [0.05, 0.1) is 16.1 Å². The van der Waals surface area contributed by atoms with Crippen LogP contribution < -0.4 is 9.62 Å². The van der Waals surface area contributed by atoms with Crippen LogP contribution in [0, 0.1) is 11.7 Å². The minimum Gasteiger partial charge on any atom is -0.349 e. The molecule has 2 aliphatic rings. The molecule has 7 heteroatoms. The molecule has 0 spiro atoms. The van der Waals surface area contributed by atoms with Crippen LogP contribution in [0.2, 0.25) is 0 Å². The number of nitrogens with one attached hydrogen (secondary N) is 1. The van der Waals surface area contributed by atoms with E-state index in [9.17, 15) is 17.6 Å². The van der Waals surface area contributed by atoms with Crippen LogP contribution in [-0.2, 0) is 16.4 Å². The summed E-state index contributed by atoms with van der Waals surface area (Å²) in [5.41, 5.74) is 1.37. The molecule has 1 amide bonds. The molecule has 2 aromatic rings. The molecule has 2 aromatic carbocycles. The minimum absolute atomic E-state index is 0.0126. The highest BCUT2D eigenvalue weighted by Crippen LogP contribution is 2.33. The molecule has 0 bridgehead atoms. The molecule has 1 saturated carbocycles. The van der Waals surface area contributed by atoms with Crippen LogP contribution in [0.5, 0.6) is 0 Å². The van der Waals surface area contributed by atoms with Crippen molar-refractivity contribution in [1.29, 1.82) is 0 Å². The molecule has 5 nitrogen and oxygen atoms in total. The van der Waals surface area contributed by atoms with Gasteiger partial charge in [0.25, 0.3) is 15.9 Å². The zero-order valence-corrected chi connectivity index (χ0v) is 17.2. The van der Waals surface area contributed by atoms with Crippen molar-refractivity contribution in [2.75, 3.05) is 10.8 Å². The largest absolute Gasteiger partial charge is 0.349 e. The van der Waals surface area contributed by atoms with E-state index in [1.807, 2.05) is 12.1 Å². The molecule has 1 aliphatic carbocycles. The summed E-state index contributed by atoms with van der Waals surface area (Å²) in [5.74, 6) is -0.948. The first-order valence-corrected chi connectivity index (χ1v) is 11.5. The van der Waals surface area contributed by atoms with Gasteiger partial charge >= 0.3 is 0 Å². The maximum Gasteiger partial charge on any atom is 0.264 e. The highest BCUT2D eigenvalue weighted by Gasteiger charge is 2.32. The fourth-order valence-electron chi connectivity index (χ4n) is 4.30. The normalized spacial score (nSPS) is 21.7. The van der Waals surface area contributed by atoms with Crippen LogP contribution in [0.3, 0.4) is 0 Å². The highest BCUT2D eigenvalue weighted by molar-refractivity contribution is 7.92. The van der Waals surface area contributed by atoms with Crippen molar-refractivity contribution in [2.45, 2.75) is 50.0 Å². The first-order valence-electron chi connectivity index (χ1n) is 10.1. The van der Waals surface area contributed by atoms with Gasteiger partial charge in [0.1, 0.15) is 5.82 Å². The summed E-state index contributed by atoms with van der Waals surface area (Å²) < 4.78 is 42.1. The molecule has 1 N–H and O–H groups in total. The van der Waals surface area contributed by atoms with Crippen molar-refractivity contribution < 1.29 is 17.6 Å². The standard InChI is InChI=1S/C22H25FN2O3S/c1-15-6-2-4-8-20(15)24-22(26)18-14-17(10-11-19(18)23)29(27,28)25-13-12-16-7-3-5-9-21(16)25/h3,5,7,9-11,14-15,20H,2,4,6,8,12-13H2,1H3,(H,24,26). The van der Waals surface area contributed by atoms with E-state index in [0.717, 1.165) is 43.4 Å². The lowest BCUT2D eigenvalue weighted by Crippen LogP contribution is -2.41. The number of sulfonamides is 1. The predicted molar refractivity (Wildman–Crippen MR) is 110 cm³/mol. The van der Waals surface area contributed by atoms with E-state index in [1.54, 1.807) is 12.1 Å². The second-order valence-corrected chi connectivity index (χ2v) is 9.80. The van der Waals surface area contributed by atoms with Crippen LogP contribution in [0.4, 0.5) is 10.1 Å². The average Bonchev–Trinajstić information content (AvgIpc) is 3.15. The van der Waals surface area contributed by atoms with Crippen molar-refractivity contribution in [1.82, 2.24) is 5.32 Å². The summed E-state index contributed by atoms with van der Waals surface area (Å²) in [6, 6.07) is 10.8. The number of anilines is 1. The molecular weight excluding hydrogens is 391 g/mol. The summed E-state index contributed by atoms with van der Waals surface area (Å²) in [4.78, 5) is 12.6. The highest BCUT2D eigenvalue weighted by atomic mass is 32.2. The Labute approximate surface area is 171 Å².